The van der Waals surface area contributed by atoms with Crippen molar-refractivity contribution >= 4 is 33.3 Å². The number of benzene rings is 1. The van der Waals surface area contributed by atoms with Crippen molar-refractivity contribution in [2.75, 3.05) is 12.4 Å². The fraction of sp³-hybridized carbons (Fsp3) is 0.286. The van der Waals surface area contributed by atoms with Crippen LogP contribution in [-0.4, -0.2) is 17.0 Å². The SMILES string of the molecule is CCc1nc(-c2ccc(Br)cc2Cl)nc(NC)c1C. The van der Waals surface area contributed by atoms with E-state index >= 15 is 0 Å². The Morgan fingerprint density at radius 3 is 2.63 bits per heavy atom. The molecule has 0 unspecified atom stereocenters. The van der Waals surface area contributed by atoms with Gasteiger partial charge in [-0.05, 0) is 31.5 Å². The summed E-state index contributed by atoms with van der Waals surface area (Å²) in [6.45, 7) is 4.11. The number of nitrogens with zero attached hydrogens (tertiary/aromatic N) is 2. The van der Waals surface area contributed by atoms with E-state index in [-0.39, 0.29) is 0 Å². The van der Waals surface area contributed by atoms with E-state index in [1.807, 2.05) is 32.2 Å². The quantitative estimate of drug-likeness (QED) is 0.895. The number of aryl methyl sites for hydroxylation is 1. The van der Waals surface area contributed by atoms with Gasteiger partial charge in [-0.25, -0.2) is 9.97 Å². The Morgan fingerprint density at radius 2 is 2.05 bits per heavy atom. The molecule has 0 radical (unpaired) electrons. The maximum absolute atomic E-state index is 6.26. The summed E-state index contributed by atoms with van der Waals surface area (Å²) in [4.78, 5) is 9.15. The summed E-state index contributed by atoms with van der Waals surface area (Å²) >= 11 is 9.66. The lowest BCUT2D eigenvalue weighted by Gasteiger charge is -2.12. The molecule has 1 N–H and O–H groups in total. The van der Waals surface area contributed by atoms with Gasteiger partial charge in [0.2, 0.25) is 0 Å². The first-order chi connectivity index (χ1) is 9.06. The second-order valence-electron chi connectivity index (χ2n) is 4.20. The molecule has 19 heavy (non-hydrogen) atoms. The number of anilines is 1. The average molecular weight is 341 g/mol. The summed E-state index contributed by atoms with van der Waals surface area (Å²) in [5.74, 6) is 1.50. The van der Waals surface area contributed by atoms with Crippen molar-refractivity contribution in [3.05, 3.63) is 39.0 Å². The van der Waals surface area contributed by atoms with Crippen molar-refractivity contribution in [1.82, 2.24) is 9.97 Å². The van der Waals surface area contributed by atoms with Crippen LogP contribution in [0.5, 0.6) is 0 Å². The van der Waals surface area contributed by atoms with Gasteiger partial charge >= 0.3 is 0 Å². The van der Waals surface area contributed by atoms with Gasteiger partial charge in [0, 0.05) is 28.3 Å². The largest absolute Gasteiger partial charge is 0.373 e. The molecule has 100 valence electrons. The van der Waals surface area contributed by atoms with Crippen molar-refractivity contribution in [2.45, 2.75) is 20.3 Å². The van der Waals surface area contributed by atoms with Crippen LogP contribution in [-0.2, 0) is 6.42 Å². The Morgan fingerprint density at radius 1 is 1.32 bits per heavy atom. The number of hydrogen-bond donors (Lipinski definition) is 1. The minimum absolute atomic E-state index is 0.641. The molecular formula is C14H15BrClN3. The van der Waals surface area contributed by atoms with Crippen LogP contribution in [0.1, 0.15) is 18.2 Å². The highest BCUT2D eigenvalue weighted by Crippen LogP contribution is 2.30. The van der Waals surface area contributed by atoms with Crippen LogP contribution in [0.3, 0.4) is 0 Å². The summed E-state index contributed by atoms with van der Waals surface area (Å²) in [6, 6.07) is 5.72. The van der Waals surface area contributed by atoms with Gasteiger partial charge < -0.3 is 5.32 Å². The molecule has 0 saturated heterocycles. The highest BCUT2D eigenvalue weighted by Gasteiger charge is 2.12. The Kier molecular flexibility index (Phi) is 4.42. The van der Waals surface area contributed by atoms with Crippen LogP contribution in [0, 0.1) is 6.92 Å². The molecule has 0 fully saturated rings. The summed E-state index contributed by atoms with van der Waals surface area (Å²) in [5, 5.41) is 3.75. The molecule has 5 heteroatoms. The zero-order valence-corrected chi connectivity index (χ0v) is 13.4. The first-order valence-corrected chi connectivity index (χ1v) is 7.24. The van der Waals surface area contributed by atoms with Gasteiger partial charge in [-0.15, -0.1) is 0 Å². The van der Waals surface area contributed by atoms with Gasteiger partial charge in [-0.3, -0.25) is 0 Å². The maximum atomic E-state index is 6.26. The maximum Gasteiger partial charge on any atom is 0.163 e. The molecule has 1 aromatic heterocycles. The average Bonchev–Trinajstić information content (AvgIpc) is 2.39. The third-order valence-corrected chi connectivity index (χ3v) is 3.80. The molecule has 0 atom stereocenters. The minimum atomic E-state index is 0.641. The molecule has 0 bridgehead atoms. The van der Waals surface area contributed by atoms with E-state index in [0.717, 1.165) is 33.5 Å². The second kappa shape index (κ2) is 5.88. The highest BCUT2D eigenvalue weighted by molar-refractivity contribution is 9.10. The molecule has 0 saturated carbocycles. The van der Waals surface area contributed by atoms with Crippen LogP contribution in [0.15, 0.2) is 22.7 Å². The van der Waals surface area contributed by atoms with Gasteiger partial charge in [0.1, 0.15) is 5.82 Å². The van der Waals surface area contributed by atoms with Gasteiger partial charge in [0.25, 0.3) is 0 Å². The second-order valence-corrected chi connectivity index (χ2v) is 5.52. The fourth-order valence-electron chi connectivity index (χ4n) is 1.94. The van der Waals surface area contributed by atoms with E-state index in [1.165, 1.54) is 0 Å². The first kappa shape index (κ1) is 14.3. The van der Waals surface area contributed by atoms with Crippen LogP contribution >= 0.6 is 27.5 Å². The number of rotatable bonds is 3. The molecule has 1 heterocycles. The van der Waals surface area contributed by atoms with Crippen molar-refractivity contribution in [1.29, 1.82) is 0 Å². The molecule has 3 nitrogen and oxygen atoms in total. The summed E-state index contributed by atoms with van der Waals surface area (Å²) in [6.07, 6.45) is 0.865. The van der Waals surface area contributed by atoms with Gasteiger partial charge in [-0.1, -0.05) is 34.5 Å². The zero-order valence-electron chi connectivity index (χ0n) is 11.1. The summed E-state index contributed by atoms with van der Waals surface area (Å²) in [5.41, 5.74) is 2.96. The lowest BCUT2D eigenvalue weighted by Crippen LogP contribution is -2.04. The predicted octanol–water partition coefficient (Wildman–Crippen LogP) is 4.47. The zero-order chi connectivity index (χ0) is 14.0. The Hall–Kier alpha value is -1.13. The third kappa shape index (κ3) is 2.90. The minimum Gasteiger partial charge on any atom is -0.373 e. The molecule has 0 amide bonds. The Bertz CT molecular complexity index is 589. The van der Waals surface area contributed by atoms with E-state index in [1.54, 1.807) is 0 Å². The third-order valence-electron chi connectivity index (χ3n) is 2.99. The molecule has 0 aliphatic carbocycles. The molecule has 0 aliphatic rings. The van der Waals surface area contributed by atoms with Crippen molar-refractivity contribution in [3.63, 3.8) is 0 Å². The molecule has 2 rings (SSSR count). The van der Waals surface area contributed by atoms with E-state index in [9.17, 15) is 0 Å². The number of nitrogens with one attached hydrogen (secondary N) is 1. The molecule has 1 aromatic carbocycles. The number of aromatic nitrogens is 2. The van der Waals surface area contributed by atoms with E-state index in [4.69, 9.17) is 11.6 Å². The molecule has 2 aromatic rings. The number of hydrogen-bond acceptors (Lipinski definition) is 3. The van der Waals surface area contributed by atoms with Crippen LogP contribution < -0.4 is 5.32 Å². The van der Waals surface area contributed by atoms with Crippen molar-refractivity contribution < 1.29 is 0 Å². The monoisotopic (exact) mass is 339 g/mol. The fourth-order valence-corrected chi connectivity index (χ4v) is 2.70. The highest BCUT2D eigenvalue weighted by atomic mass is 79.9. The van der Waals surface area contributed by atoms with Crippen LogP contribution in [0.4, 0.5) is 5.82 Å². The van der Waals surface area contributed by atoms with E-state index < -0.39 is 0 Å². The van der Waals surface area contributed by atoms with Gasteiger partial charge in [0.15, 0.2) is 5.82 Å². The Balaban J connectivity index is 2.62. The smallest absolute Gasteiger partial charge is 0.163 e. The van der Waals surface area contributed by atoms with Crippen LogP contribution in [0.25, 0.3) is 11.4 Å². The standard InChI is InChI=1S/C14H15BrClN3/c1-4-12-8(2)13(17-3)19-14(18-12)10-6-5-9(15)7-11(10)16/h5-7H,4H2,1-3H3,(H,17,18,19). The van der Waals surface area contributed by atoms with Gasteiger partial charge in [0.05, 0.1) is 5.02 Å². The van der Waals surface area contributed by atoms with Crippen molar-refractivity contribution in [3.8, 4) is 11.4 Å². The summed E-state index contributed by atoms with van der Waals surface area (Å²) < 4.78 is 0.943. The van der Waals surface area contributed by atoms with Crippen LogP contribution in [0.2, 0.25) is 5.02 Å². The molecule has 0 aliphatic heterocycles. The van der Waals surface area contributed by atoms with E-state index in [0.29, 0.717) is 10.8 Å². The van der Waals surface area contributed by atoms with E-state index in [2.05, 4.69) is 38.1 Å². The van der Waals surface area contributed by atoms with Gasteiger partial charge in [-0.2, -0.15) is 0 Å². The summed E-state index contributed by atoms with van der Waals surface area (Å²) in [7, 11) is 1.86. The molecule has 0 spiro atoms. The molecular weight excluding hydrogens is 326 g/mol. The normalized spacial score (nSPS) is 10.6. The Labute approximate surface area is 126 Å². The van der Waals surface area contributed by atoms with Crippen molar-refractivity contribution in [2.24, 2.45) is 0 Å². The number of halogens is 2. The lowest BCUT2D eigenvalue weighted by atomic mass is 10.1. The first-order valence-electron chi connectivity index (χ1n) is 6.07. The topological polar surface area (TPSA) is 37.8 Å². The predicted molar refractivity (Wildman–Crippen MR) is 83.8 cm³/mol. The lowest BCUT2D eigenvalue weighted by molar-refractivity contribution is 0.977.